The Morgan fingerprint density at radius 2 is 1.94 bits per heavy atom. The monoisotopic (exact) mass is 243 g/mol. The molecule has 0 aliphatic carbocycles. The molecule has 0 radical (unpaired) electrons. The first-order chi connectivity index (χ1) is 8.92. The maximum absolute atomic E-state index is 5.42. The summed E-state index contributed by atoms with van der Waals surface area (Å²) in [6, 6.07) is 10.8. The molecule has 0 aromatic heterocycles. The van der Waals surface area contributed by atoms with Gasteiger partial charge in [0.05, 0.1) is 19.3 Å². The predicted molar refractivity (Wildman–Crippen MR) is 74.3 cm³/mol. The van der Waals surface area contributed by atoms with Gasteiger partial charge in [0.1, 0.15) is 0 Å². The van der Waals surface area contributed by atoms with Crippen molar-refractivity contribution in [2.75, 3.05) is 26.3 Å². The fourth-order valence-corrected chi connectivity index (χ4v) is 2.15. The first-order valence-corrected chi connectivity index (χ1v) is 6.77. The molecule has 18 heavy (non-hydrogen) atoms. The summed E-state index contributed by atoms with van der Waals surface area (Å²) < 4.78 is 5.42. The van der Waals surface area contributed by atoms with Gasteiger partial charge in [-0.3, -0.25) is 4.90 Å². The van der Waals surface area contributed by atoms with E-state index in [1.807, 2.05) is 0 Å². The van der Waals surface area contributed by atoms with Crippen LogP contribution in [0.5, 0.6) is 0 Å². The Labute approximate surface area is 110 Å². The Bertz CT molecular complexity index is 398. The van der Waals surface area contributed by atoms with Crippen LogP contribution in [0.1, 0.15) is 31.4 Å². The second-order valence-electron chi connectivity index (χ2n) is 4.53. The van der Waals surface area contributed by atoms with Crippen molar-refractivity contribution in [2.45, 2.75) is 25.8 Å². The molecule has 1 aliphatic heterocycles. The zero-order chi connectivity index (χ0) is 12.6. The molecule has 1 aromatic carbocycles. The second-order valence-corrected chi connectivity index (χ2v) is 4.53. The molecule has 0 N–H and O–H groups in total. The number of nitrogens with zero attached hydrogens (tertiary/aromatic N) is 1. The molecule has 2 heteroatoms. The largest absolute Gasteiger partial charge is 0.379 e. The fourth-order valence-electron chi connectivity index (χ4n) is 2.15. The lowest BCUT2D eigenvalue weighted by Gasteiger charge is -2.31. The molecular weight excluding hydrogens is 222 g/mol. The van der Waals surface area contributed by atoms with Gasteiger partial charge in [-0.2, -0.15) is 0 Å². The van der Waals surface area contributed by atoms with E-state index in [-0.39, 0.29) is 6.04 Å². The van der Waals surface area contributed by atoms with Crippen molar-refractivity contribution in [3.63, 3.8) is 0 Å². The van der Waals surface area contributed by atoms with Crippen molar-refractivity contribution < 1.29 is 4.74 Å². The van der Waals surface area contributed by atoms with E-state index in [0.29, 0.717) is 0 Å². The third kappa shape index (κ3) is 3.60. The zero-order valence-electron chi connectivity index (χ0n) is 11.1. The number of rotatable bonds is 3. The van der Waals surface area contributed by atoms with E-state index in [1.54, 1.807) is 0 Å². The molecule has 1 atom stereocenters. The minimum Gasteiger partial charge on any atom is -0.379 e. The van der Waals surface area contributed by atoms with Gasteiger partial charge in [0.25, 0.3) is 0 Å². The summed E-state index contributed by atoms with van der Waals surface area (Å²) in [5.74, 6) is 6.73. The molecule has 2 rings (SSSR count). The van der Waals surface area contributed by atoms with Crippen LogP contribution in [0.2, 0.25) is 0 Å². The van der Waals surface area contributed by atoms with Crippen molar-refractivity contribution in [3.05, 3.63) is 35.9 Å². The summed E-state index contributed by atoms with van der Waals surface area (Å²) in [5.41, 5.74) is 1.29. The molecule has 2 nitrogen and oxygen atoms in total. The van der Waals surface area contributed by atoms with E-state index in [4.69, 9.17) is 4.74 Å². The standard InChI is InChI=1S/C16H21NO/c1-2-3-5-10-16(15-8-6-4-7-9-15)17-11-13-18-14-12-17/h4,6-9,16H,2-3,11-14H2,1H3. The second kappa shape index (κ2) is 7.20. The maximum atomic E-state index is 5.42. The van der Waals surface area contributed by atoms with Gasteiger partial charge in [-0.1, -0.05) is 43.2 Å². The summed E-state index contributed by atoms with van der Waals surface area (Å²) >= 11 is 0. The van der Waals surface area contributed by atoms with Gasteiger partial charge >= 0.3 is 0 Å². The molecular formula is C16H21NO. The summed E-state index contributed by atoms with van der Waals surface area (Å²) in [4.78, 5) is 2.42. The van der Waals surface area contributed by atoms with Crippen LogP contribution in [0.4, 0.5) is 0 Å². The lowest BCUT2D eigenvalue weighted by molar-refractivity contribution is 0.0269. The van der Waals surface area contributed by atoms with E-state index in [1.165, 1.54) is 5.56 Å². The van der Waals surface area contributed by atoms with Gasteiger partial charge in [-0.05, 0) is 12.0 Å². The van der Waals surface area contributed by atoms with Gasteiger partial charge in [0.15, 0.2) is 0 Å². The molecule has 1 aliphatic rings. The molecule has 0 saturated carbocycles. The van der Waals surface area contributed by atoms with Crippen LogP contribution in [0.3, 0.4) is 0 Å². The quantitative estimate of drug-likeness (QED) is 0.757. The molecule has 96 valence electrons. The van der Waals surface area contributed by atoms with Crippen molar-refractivity contribution in [1.82, 2.24) is 4.90 Å². The Morgan fingerprint density at radius 3 is 2.61 bits per heavy atom. The van der Waals surface area contributed by atoms with Crippen LogP contribution in [0.15, 0.2) is 30.3 Å². The minimum atomic E-state index is 0.224. The number of ether oxygens (including phenoxy) is 1. The van der Waals surface area contributed by atoms with Crippen molar-refractivity contribution in [3.8, 4) is 11.8 Å². The maximum Gasteiger partial charge on any atom is 0.0972 e. The molecule has 1 saturated heterocycles. The number of hydrogen-bond acceptors (Lipinski definition) is 2. The minimum absolute atomic E-state index is 0.224. The van der Waals surface area contributed by atoms with Gasteiger partial charge in [0.2, 0.25) is 0 Å². The average molecular weight is 243 g/mol. The summed E-state index contributed by atoms with van der Waals surface area (Å²) in [6.07, 6.45) is 2.10. The summed E-state index contributed by atoms with van der Waals surface area (Å²) in [5, 5.41) is 0. The lowest BCUT2D eigenvalue weighted by atomic mass is 10.0. The average Bonchev–Trinajstić information content (AvgIpc) is 2.46. The Hall–Kier alpha value is -1.30. The van der Waals surface area contributed by atoms with Gasteiger partial charge in [-0.15, -0.1) is 5.92 Å². The molecule has 1 fully saturated rings. The summed E-state index contributed by atoms with van der Waals surface area (Å²) in [6.45, 7) is 5.75. The molecule has 1 aromatic rings. The highest BCUT2D eigenvalue weighted by Gasteiger charge is 2.20. The Morgan fingerprint density at radius 1 is 1.22 bits per heavy atom. The van der Waals surface area contributed by atoms with E-state index in [0.717, 1.165) is 39.1 Å². The van der Waals surface area contributed by atoms with Crippen molar-refractivity contribution >= 4 is 0 Å². The van der Waals surface area contributed by atoms with Crippen LogP contribution in [0.25, 0.3) is 0 Å². The van der Waals surface area contributed by atoms with Crippen LogP contribution in [-0.4, -0.2) is 31.2 Å². The van der Waals surface area contributed by atoms with Gasteiger partial charge < -0.3 is 4.74 Å². The highest BCUT2D eigenvalue weighted by Crippen LogP contribution is 2.20. The number of morpholine rings is 1. The van der Waals surface area contributed by atoms with E-state index in [9.17, 15) is 0 Å². The molecule has 0 amide bonds. The smallest absolute Gasteiger partial charge is 0.0972 e. The molecule has 0 bridgehead atoms. The van der Waals surface area contributed by atoms with Crippen LogP contribution in [-0.2, 0) is 4.74 Å². The SMILES string of the molecule is CCCC#CC(c1ccccc1)N1CCOCC1. The topological polar surface area (TPSA) is 12.5 Å². The van der Waals surface area contributed by atoms with Gasteiger partial charge in [0, 0.05) is 19.5 Å². The molecule has 0 spiro atoms. The van der Waals surface area contributed by atoms with Crippen molar-refractivity contribution in [2.24, 2.45) is 0 Å². The van der Waals surface area contributed by atoms with Crippen LogP contribution >= 0.6 is 0 Å². The fraction of sp³-hybridized carbons (Fsp3) is 0.500. The van der Waals surface area contributed by atoms with Gasteiger partial charge in [-0.25, -0.2) is 0 Å². The third-order valence-corrected chi connectivity index (χ3v) is 3.14. The van der Waals surface area contributed by atoms with Crippen LogP contribution < -0.4 is 0 Å². The highest BCUT2D eigenvalue weighted by atomic mass is 16.5. The van der Waals surface area contributed by atoms with E-state index in [2.05, 4.69) is 54.0 Å². The summed E-state index contributed by atoms with van der Waals surface area (Å²) in [7, 11) is 0. The number of benzene rings is 1. The normalized spacial score (nSPS) is 17.8. The third-order valence-electron chi connectivity index (χ3n) is 3.14. The first kappa shape index (κ1) is 13.1. The lowest BCUT2D eigenvalue weighted by Crippen LogP contribution is -2.38. The first-order valence-electron chi connectivity index (χ1n) is 6.77. The van der Waals surface area contributed by atoms with E-state index >= 15 is 0 Å². The highest BCUT2D eigenvalue weighted by molar-refractivity contribution is 5.27. The number of hydrogen-bond donors (Lipinski definition) is 0. The molecule has 1 unspecified atom stereocenters. The van der Waals surface area contributed by atoms with E-state index < -0.39 is 0 Å². The Balaban J connectivity index is 2.15. The molecule has 1 heterocycles. The Kier molecular flexibility index (Phi) is 5.26. The number of unbranched alkanes of at least 4 members (excludes halogenated alkanes) is 1. The van der Waals surface area contributed by atoms with Crippen LogP contribution in [0, 0.1) is 11.8 Å². The predicted octanol–water partition coefficient (Wildman–Crippen LogP) is 2.86. The zero-order valence-corrected chi connectivity index (χ0v) is 11.1. The van der Waals surface area contributed by atoms with Crippen molar-refractivity contribution in [1.29, 1.82) is 0 Å².